The smallest absolute Gasteiger partial charge is 0.335 e. The van der Waals surface area contributed by atoms with Gasteiger partial charge < -0.3 is 14.6 Å². The molecule has 1 aromatic rings. The summed E-state index contributed by atoms with van der Waals surface area (Å²) >= 11 is 0. The highest BCUT2D eigenvalue weighted by atomic mass is 19.1. The predicted octanol–water partition coefficient (Wildman–Crippen LogP) is 2.08. The van der Waals surface area contributed by atoms with Gasteiger partial charge >= 0.3 is 5.97 Å². The zero-order valence-electron chi connectivity index (χ0n) is 9.19. The number of hydrogen-bond acceptors (Lipinski definition) is 3. The van der Waals surface area contributed by atoms with E-state index < -0.39 is 11.8 Å². The number of carbonyl (C=O) groups is 1. The molecule has 4 nitrogen and oxygen atoms in total. The van der Waals surface area contributed by atoms with Crippen LogP contribution in [0.3, 0.4) is 0 Å². The topological polar surface area (TPSA) is 55.8 Å². The van der Waals surface area contributed by atoms with Crippen LogP contribution in [0.15, 0.2) is 18.2 Å². The molecule has 1 fully saturated rings. The number of hydrogen-bond donors (Lipinski definition) is 1. The van der Waals surface area contributed by atoms with Crippen LogP contribution in [-0.4, -0.2) is 30.4 Å². The summed E-state index contributed by atoms with van der Waals surface area (Å²) < 4.78 is 23.8. The molecule has 0 aromatic heterocycles. The molecule has 0 bridgehead atoms. The molecule has 1 aliphatic heterocycles. The second kappa shape index (κ2) is 5.14. The number of aromatic carboxylic acids is 1. The Kier molecular flexibility index (Phi) is 3.58. The summed E-state index contributed by atoms with van der Waals surface area (Å²) in [6, 6.07) is 3.43. The van der Waals surface area contributed by atoms with Gasteiger partial charge in [-0.3, -0.25) is 0 Å². The first-order chi connectivity index (χ1) is 8.15. The van der Waals surface area contributed by atoms with Crippen LogP contribution in [0, 0.1) is 5.82 Å². The maximum atomic E-state index is 13.1. The molecule has 1 saturated heterocycles. The average molecular weight is 240 g/mol. The Bertz CT molecular complexity index is 413. The van der Waals surface area contributed by atoms with Crippen molar-refractivity contribution in [1.82, 2.24) is 0 Å². The van der Waals surface area contributed by atoms with Crippen molar-refractivity contribution in [3.05, 3.63) is 29.6 Å². The maximum absolute atomic E-state index is 13.1. The van der Waals surface area contributed by atoms with Gasteiger partial charge in [-0.15, -0.1) is 0 Å². The minimum atomic E-state index is -1.17. The van der Waals surface area contributed by atoms with Crippen LogP contribution >= 0.6 is 0 Å². The number of ether oxygens (including phenoxy) is 2. The van der Waals surface area contributed by atoms with E-state index in [1.54, 1.807) is 0 Å². The first kappa shape index (κ1) is 11.9. The van der Waals surface area contributed by atoms with E-state index in [2.05, 4.69) is 0 Å². The largest absolute Gasteiger partial charge is 0.491 e. The van der Waals surface area contributed by atoms with Crippen LogP contribution in [0.1, 0.15) is 23.2 Å². The van der Waals surface area contributed by atoms with Crippen molar-refractivity contribution in [2.24, 2.45) is 0 Å². The molecule has 0 spiro atoms. The Morgan fingerprint density at radius 3 is 3.00 bits per heavy atom. The number of halogens is 1. The molecule has 1 aliphatic rings. The molecule has 1 aromatic carbocycles. The van der Waals surface area contributed by atoms with Crippen molar-refractivity contribution in [2.75, 3.05) is 13.2 Å². The molecule has 1 unspecified atom stereocenters. The number of benzene rings is 1. The Labute approximate surface area is 98.0 Å². The summed E-state index contributed by atoms with van der Waals surface area (Å²) in [4.78, 5) is 10.7. The molecular weight excluding hydrogens is 227 g/mol. The van der Waals surface area contributed by atoms with Gasteiger partial charge in [-0.2, -0.15) is 0 Å². The van der Waals surface area contributed by atoms with Crippen molar-refractivity contribution in [2.45, 2.75) is 18.9 Å². The molecule has 1 heterocycles. The fourth-order valence-electron chi connectivity index (χ4n) is 1.73. The van der Waals surface area contributed by atoms with Crippen LogP contribution < -0.4 is 4.74 Å². The summed E-state index contributed by atoms with van der Waals surface area (Å²) in [5, 5.41) is 8.77. The average Bonchev–Trinajstić information content (AvgIpc) is 2.78. The third kappa shape index (κ3) is 3.17. The number of rotatable bonds is 4. The van der Waals surface area contributed by atoms with Gasteiger partial charge in [-0.25, -0.2) is 9.18 Å². The van der Waals surface area contributed by atoms with Gasteiger partial charge in [0.2, 0.25) is 0 Å². The van der Waals surface area contributed by atoms with E-state index in [1.165, 1.54) is 12.1 Å². The first-order valence-corrected chi connectivity index (χ1v) is 5.43. The predicted molar refractivity (Wildman–Crippen MR) is 57.8 cm³/mol. The van der Waals surface area contributed by atoms with Gasteiger partial charge in [0.1, 0.15) is 18.2 Å². The third-order valence-electron chi connectivity index (χ3n) is 2.58. The fraction of sp³-hybridized carbons (Fsp3) is 0.417. The van der Waals surface area contributed by atoms with Gasteiger partial charge in [-0.1, -0.05) is 0 Å². The second-order valence-corrected chi connectivity index (χ2v) is 3.93. The SMILES string of the molecule is O=C(O)c1cc(F)cc(OCC2CCCO2)c1. The van der Waals surface area contributed by atoms with E-state index in [9.17, 15) is 9.18 Å². The summed E-state index contributed by atoms with van der Waals surface area (Å²) in [5.41, 5.74) is -0.118. The zero-order valence-corrected chi connectivity index (χ0v) is 9.19. The third-order valence-corrected chi connectivity index (χ3v) is 2.58. The van der Waals surface area contributed by atoms with Crippen LogP contribution in [0.5, 0.6) is 5.75 Å². The maximum Gasteiger partial charge on any atom is 0.335 e. The molecule has 0 saturated carbocycles. The van der Waals surface area contributed by atoms with Crippen molar-refractivity contribution >= 4 is 5.97 Å². The highest BCUT2D eigenvalue weighted by Crippen LogP contribution is 2.19. The van der Waals surface area contributed by atoms with E-state index in [0.29, 0.717) is 6.61 Å². The first-order valence-electron chi connectivity index (χ1n) is 5.43. The molecule has 0 amide bonds. The van der Waals surface area contributed by atoms with Crippen molar-refractivity contribution < 1.29 is 23.8 Å². The monoisotopic (exact) mass is 240 g/mol. The van der Waals surface area contributed by atoms with Crippen LogP contribution in [-0.2, 0) is 4.74 Å². The van der Waals surface area contributed by atoms with Gasteiger partial charge in [0.25, 0.3) is 0 Å². The minimum Gasteiger partial charge on any atom is -0.491 e. The molecule has 1 N–H and O–H groups in total. The quantitative estimate of drug-likeness (QED) is 0.875. The molecule has 0 aliphatic carbocycles. The Morgan fingerprint density at radius 1 is 1.53 bits per heavy atom. The molecule has 92 valence electrons. The highest BCUT2D eigenvalue weighted by molar-refractivity contribution is 5.88. The fourth-order valence-corrected chi connectivity index (χ4v) is 1.73. The highest BCUT2D eigenvalue weighted by Gasteiger charge is 2.16. The zero-order chi connectivity index (χ0) is 12.3. The molecule has 1 atom stereocenters. The lowest BCUT2D eigenvalue weighted by atomic mass is 10.2. The summed E-state index contributed by atoms with van der Waals surface area (Å²) in [6.45, 7) is 1.04. The van der Waals surface area contributed by atoms with E-state index in [0.717, 1.165) is 25.5 Å². The molecule has 0 radical (unpaired) electrons. The van der Waals surface area contributed by atoms with E-state index in [1.807, 2.05) is 0 Å². The van der Waals surface area contributed by atoms with Gasteiger partial charge in [0.05, 0.1) is 11.7 Å². The number of carboxylic acid groups (broad SMARTS) is 1. The van der Waals surface area contributed by atoms with Crippen molar-refractivity contribution in [3.8, 4) is 5.75 Å². The second-order valence-electron chi connectivity index (χ2n) is 3.93. The lowest BCUT2D eigenvalue weighted by Crippen LogP contribution is -2.16. The van der Waals surface area contributed by atoms with Gasteiger partial charge in [0.15, 0.2) is 0 Å². The van der Waals surface area contributed by atoms with Crippen LogP contribution in [0.2, 0.25) is 0 Å². The standard InChI is InChI=1S/C12H13FO4/c13-9-4-8(12(14)15)5-11(6-9)17-7-10-2-1-3-16-10/h4-6,10H,1-3,7H2,(H,14,15). The van der Waals surface area contributed by atoms with Crippen molar-refractivity contribution in [3.63, 3.8) is 0 Å². The van der Waals surface area contributed by atoms with E-state index in [-0.39, 0.29) is 17.4 Å². The minimum absolute atomic E-state index is 0.0199. The molecule has 17 heavy (non-hydrogen) atoms. The van der Waals surface area contributed by atoms with Gasteiger partial charge in [0, 0.05) is 12.7 Å². The Morgan fingerprint density at radius 2 is 2.35 bits per heavy atom. The van der Waals surface area contributed by atoms with E-state index >= 15 is 0 Å². The van der Waals surface area contributed by atoms with Crippen LogP contribution in [0.4, 0.5) is 4.39 Å². The van der Waals surface area contributed by atoms with Crippen molar-refractivity contribution in [1.29, 1.82) is 0 Å². The lowest BCUT2D eigenvalue weighted by Gasteiger charge is -2.11. The number of carboxylic acids is 1. The molecular formula is C12H13FO4. The summed E-state index contributed by atoms with van der Waals surface area (Å²) in [6.07, 6.45) is 1.94. The normalized spacial score (nSPS) is 19.2. The summed E-state index contributed by atoms with van der Waals surface area (Å²) in [5.74, 6) is -1.57. The van der Waals surface area contributed by atoms with Crippen LogP contribution in [0.25, 0.3) is 0 Å². The van der Waals surface area contributed by atoms with E-state index in [4.69, 9.17) is 14.6 Å². The summed E-state index contributed by atoms with van der Waals surface area (Å²) in [7, 11) is 0. The Hall–Kier alpha value is -1.62. The molecule has 5 heteroatoms. The Balaban J connectivity index is 2.01. The van der Waals surface area contributed by atoms with Gasteiger partial charge in [-0.05, 0) is 25.0 Å². The lowest BCUT2D eigenvalue weighted by molar-refractivity contribution is 0.0670. The molecule has 2 rings (SSSR count).